The summed E-state index contributed by atoms with van der Waals surface area (Å²) in [6, 6.07) is 12.2. The van der Waals surface area contributed by atoms with Gasteiger partial charge in [0.1, 0.15) is 5.82 Å². The Hall–Kier alpha value is -3.18. The Morgan fingerprint density at radius 3 is 2.65 bits per heavy atom. The Bertz CT molecular complexity index is 843. The Balaban J connectivity index is 2.13. The number of hydrogen-bond donors (Lipinski definition) is 1. The van der Waals surface area contributed by atoms with E-state index in [-0.39, 0.29) is 17.8 Å². The standard InChI is InChI=1S/C16H13N5O2/c1-10-7-8-12-13(22)16(20-21-17,15(23)19-14(12)18-10)9-11-5-3-2-4-6-11/h2-8H,9H2,1H3,(H,18,19,23). The number of carbonyl (C=O) groups is 2. The van der Waals surface area contributed by atoms with Crippen molar-refractivity contribution in [1.29, 1.82) is 0 Å². The fourth-order valence-electron chi connectivity index (χ4n) is 2.63. The molecular formula is C16H13N5O2. The van der Waals surface area contributed by atoms with Crippen molar-refractivity contribution in [3.63, 3.8) is 0 Å². The molecule has 23 heavy (non-hydrogen) atoms. The summed E-state index contributed by atoms with van der Waals surface area (Å²) in [4.78, 5) is 32.3. The number of Topliss-reactive ketones (excluding diaryl/α,β-unsaturated/α-hetero) is 1. The van der Waals surface area contributed by atoms with Gasteiger partial charge in [-0.15, -0.1) is 0 Å². The predicted molar refractivity (Wildman–Crippen MR) is 84.0 cm³/mol. The fourth-order valence-corrected chi connectivity index (χ4v) is 2.63. The van der Waals surface area contributed by atoms with Crippen LogP contribution in [-0.2, 0) is 11.2 Å². The van der Waals surface area contributed by atoms with Crippen molar-refractivity contribution in [3.8, 4) is 0 Å². The predicted octanol–water partition coefficient (Wildman–Crippen LogP) is 2.82. The van der Waals surface area contributed by atoms with Crippen LogP contribution in [0.1, 0.15) is 21.6 Å². The van der Waals surface area contributed by atoms with Crippen molar-refractivity contribution in [2.45, 2.75) is 18.9 Å². The van der Waals surface area contributed by atoms with Crippen LogP contribution in [0.4, 0.5) is 5.82 Å². The maximum atomic E-state index is 12.9. The number of nitrogens with zero attached hydrogens (tertiary/aromatic N) is 4. The molecule has 2 heterocycles. The molecule has 1 atom stereocenters. The van der Waals surface area contributed by atoms with Crippen LogP contribution < -0.4 is 5.32 Å². The number of pyridine rings is 1. The Morgan fingerprint density at radius 1 is 1.22 bits per heavy atom. The molecule has 7 nitrogen and oxygen atoms in total. The van der Waals surface area contributed by atoms with Crippen molar-refractivity contribution in [2.24, 2.45) is 5.11 Å². The summed E-state index contributed by atoms with van der Waals surface area (Å²) in [5.41, 5.74) is 8.72. The summed E-state index contributed by atoms with van der Waals surface area (Å²) in [5, 5.41) is 6.18. The van der Waals surface area contributed by atoms with E-state index >= 15 is 0 Å². The maximum absolute atomic E-state index is 12.9. The molecule has 0 saturated carbocycles. The van der Waals surface area contributed by atoms with Crippen molar-refractivity contribution in [1.82, 2.24) is 4.98 Å². The van der Waals surface area contributed by atoms with Crippen molar-refractivity contribution in [2.75, 3.05) is 5.32 Å². The van der Waals surface area contributed by atoms with Gasteiger partial charge in [0.25, 0.3) is 0 Å². The number of aryl methyl sites for hydroxylation is 1. The van der Waals surface area contributed by atoms with Crippen molar-refractivity contribution in [3.05, 3.63) is 69.7 Å². The van der Waals surface area contributed by atoms with E-state index in [9.17, 15) is 9.59 Å². The molecule has 7 heteroatoms. The fraction of sp³-hybridized carbons (Fsp3) is 0.188. The molecule has 1 aliphatic rings. The first-order valence-electron chi connectivity index (χ1n) is 7.01. The van der Waals surface area contributed by atoms with Gasteiger partial charge in [-0.2, -0.15) is 0 Å². The minimum absolute atomic E-state index is 0.00408. The largest absolute Gasteiger partial charge is 0.309 e. The normalized spacial score (nSPS) is 19.5. The molecule has 0 radical (unpaired) electrons. The average molecular weight is 307 g/mol. The quantitative estimate of drug-likeness (QED) is 0.407. The van der Waals surface area contributed by atoms with Gasteiger partial charge < -0.3 is 5.32 Å². The zero-order valence-electron chi connectivity index (χ0n) is 12.4. The van der Waals surface area contributed by atoms with Gasteiger partial charge in [0.2, 0.25) is 5.91 Å². The molecular weight excluding hydrogens is 294 g/mol. The van der Waals surface area contributed by atoms with Crippen molar-refractivity contribution >= 4 is 17.5 Å². The monoisotopic (exact) mass is 307 g/mol. The van der Waals surface area contributed by atoms with E-state index in [0.29, 0.717) is 5.69 Å². The van der Waals surface area contributed by atoms with Crippen LogP contribution in [0.3, 0.4) is 0 Å². The first kappa shape index (κ1) is 14.7. The van der Waals surface area contributed by atoms with Crippen LogP contribution in [0.5, 0.6) is 0 Å². The molecule has 0 fully saturated rings. The lowest BCUT2D eigenvalue weighted by molar-refractivity contribution is -0.119. The number of ketones is 1. The van der Waals surface area contributed by atoms with Crippen LogP contribution >= 0.6 is 0 Å². The third kappa shape index (κ3) is 2.43. The second-order valence-corrected chi connectivity index (χ2v) is 5.34. The Kier molecular flexibility index (Phi) is 3.56. The maximum Gasteiger partial charge on any atom is 0.246 e. The minimum Gasteiger partial charge on any atom is -0.309 e. The van der Waals surface area contributed by atoms with Gasteiger partial charge in [-0.25, -0.2) is 4.98 Å². The van der Waals surface area contributed by atoms with E-state index < -0.39 is 17.2 Å². The summed E-state index contributed by atoms with van der Waals surface area (Å²) in [7, 11) is 0. The second kappa shape index (κ2) is 5.55. The number of rotatable bonds is 3. The summed E-state index contributed by atoms with van der Waals surface area (Å²) in [6.45, 7) is 1.76. The lowest BCUT2D eigenvalue weighted by Crippen LogP contribution is -2.53. The van der Waals surface area contributed by atoms with Crippen LogP contribution in [0.15, 0.2) is 47.6 Å². The number of azide groups is 1. The molecule has 1 unspecified atom stereocenters. The molecule has 2 aromatic rings. The molecule has 1 aromatic carbocycles. The van der Waals surface area contributed by atoms with E-state index in [0.717, 1.165) is 5.56 Å². The number of hydrogen-bond acceptors (Lipinski definition) is 4. The van der Waals surface area contributed by atoms with Crippen LogP contribution in [0.2, 0.25) is 0 Å². The van der Waals surface area contributed by atoms with Gasteiger partial charge in [0, 0.05) is 17.0 Å². The number of benzene rings is 1. The number of anilines is 1. The lowest BCUT2D eigenvalue weighted by Gasteiger charge is -2.31. The van der Waals surface area contributed by atoms with E-state index in [2.05, 4.69) is 20.3 Å². The average Bonchev–Trinajstić information content (AvgIpc) is 2.54. The summed E-state index contributed by atoms with van der Waals surface area (Å²) < 4.78 is 0. The first-order chi connectivity index (χ1) is 11.1. The van der Waals surface area contributed by atoms with Gasteiger partial charge >= 0.3 is 0 Å². The third-order valence-corrected chi connectivity index (χ3v) is 3.78. The highest BCUT2D eigenvalue weighted by molar-refractivity contribution is 6.27. The highest BCUT2D eigenvalue weighted by Crippen LogP contribution is 2.32. The van der Waals surface area contributed by atoms with Gasteiger partial charge in [0.15, 0.2) is 11.3 Å². The van der Waals surface area contributed by atoms with E-state index in [1.807, 2.05) is 6.07 Å². The van der Waals surface area contributed by atoms with Crippen molar-refractivity contribution < 1.29 is 9.59 Å². The Labute approximate surface area is 132 Å². The number of carbonyl (C=O) groups excluding carboxylic acids is 2. The molecule has 0 saturated heterocycles. The van der Waals surface area contributed by atoms with Crippen LogP contribution in [0, 0.1) is 6.92 Å². The van der Waals surface area contributed by atoms with E-state index in [1.54, 1.807) is 43.3 Å². The summed E-state index contributed by atoms with van der Waals surface area (Å²) in [6.07, 6.45) is -0.00408. The topological polar surface area (TPSA) is 108 Å². The molecule has 114 valence electrons. The molecule has 1 aromatic heterocycles. The lowest BCUT2D eigenvalue weighted by atomic mass is 9.81. The number of amides is 1. The minimum atomic E-state index is -1.83. The van der Waals surface area contributed by atoms with Gasteiger partial charge in [-0.1, -0.05) is 35.4 Å². The summed E-state index contributed by atoms with van der Waals surface area (Å²) >= 11 is 0. The highest BCUT2D eigenvalue weighted by Gasteiger charge is 2.50. The molecule has 0 spiro atoms. The first-order valence-corrected chi connectivity index (χ1v) is 7.01. The number of fused-ring (bicyclic) bond motifs is 1. The zero-order valence-corrected chi connectivity index (χ0v) is 12.4. The third-order valence-electron chi connectivity index (χ3n) is 3.78. The molecule has 0 aliphatic carbocycles. The zero-order chi connectivity index (χ0) is 16.4. The Morgan fingerprint density at radius 2 is 1.96 bits per heavy atom. The summed E-state index contributed by atoms with van der Waals surface area (Å²) in [5.74, 6) is -0.989. The van der Waals surface area contributed by atoms with Gasteiger partial charge in [-0.05, 0) is 30.2 Å². The molecule has 0 bridgehead atoms. The van der Waals surface area contributed by atoms with E-state index in [4.69, 9.17) is 5.53 Å². The van der Waals surface area contributed by atoms with E-state index in [1.165, 1.54) is 0 Å². The molecule has 1 N–H and O–H groups in total. The van der Waals surface area contributed by atoms with Gasteiger partial charge in [-0.3, -0.25) is 9.59 Å². The molecule has 1 aliphatic heterocycles. The number of nitrogens with one attached hydrogen (secondary N) is 1. The highest BCUT2D eigenvalue weighted by atomic mass is 16.2. The molecule has 3 rings (SSSR count). The van der Waals surface area contributed by atoms with Crippen LogP contribution in [-0.4, -0.2) is 22.2 Å². The number of aromatic nitrogens is 1. The SMILES string of the molecule is Cc1ccc2c(n1)NC(=O)C(Cc1ccccc1)(N=[N+]=[N-])C2=O. The second-order valence-electron chi connectivity index (χ2n) is 5.34. The smallest absolute Gasteiger partial charge is 0.246 e. The van der Waals surface area contributed by atoms with Gasteiger partial charge in [0.05, 0.1) is 5.56 Å². The molecule has 1 amide bonds. The van der Waals surface area contributed by atoms with Crippen LogP contribution in [0.25, 0.3) is 10.4 Å².